The van der Waals surface area contributed by atoms with Gasteiger partial charge in [0.2, 0.25) is 0 Å². The molecule has 0 N–H and O–H groups in total. The summed E-state index contributed by atoms with van der Waals surface area (Å²) in [6.45, 7) is 0.624. The molecule has 0 bridgehead atoms. The second-order valence-electron chi connectivity index (χ2n) is 3.91. The molecular formula is C11H12O4S. The van der Waals surface area contributed by atoms with Crippen molar-refractivity contribution in [2.24, 2.45) is 0 Å². The molecule has 0 aromatic heterocycles. The maximum atomic E-state index is 11.6. The van der Waals surface area contributed by atoms with E-state index in [2.05, 4.69) is 0 Å². The molecule has 1 aliphatic heterocycles. The number of hydrogen-bond donors (Lipinski definition) is 0. The number of ketones is 1. The third-order valence-corrected chi connectivity index (χ3v) is 3.20. The van der Waals surface area contributed by atoms with Crippen molar-refractivity contribution in [3.8, 4) is 5.75 Å². The number of fused-ring (bicyclic) bond motifs is 1. The second-order valence-corrected chi connectivity index (χ2v) is 6.05. The van der Waals surface area contributed by atoms with Crippen LogP contribution in [0.15, 0.2) is 18.2 Å². The van der Waals surface area contributed by atoms with Gasteiger partial charge in [-0.1, -0.05) is 12.1 Å². The van der Waals surface area contributed by atoms with Crippen molar-refractivity contribution in [2.45, 2.75) is 6.42 Å². The van der Waals surface area contributed by atoms with Gasteiger partial charge in [0.05, 0.1) is 6.61 Å². The van der Waals surface area contributed by atoms with Crippen LogP contribution in [0.2, 0.25) is 0 Å². The van der Waals surface area contributed by atoms with Gasteiger partial charge < -0.3 is 4.74 Å². The second kappa shape index (κ2) is 3.90. The lowest BCUT2D eigenvalue weighted by Gasteiger charge is -2.03. The smallest absolute Gasteiger partial charge is 0.177 e. The van der Waals surface area contributed by atoms with E-state index in [0.717, 1.165) is 18.2 Å². The maximum absolute atomic E-state index is 11.6. The summed E-state index contributed by atoms with van der Waals surface area (Å²) in [4.78, 5) is 11.6. The van der Waals surface area contributed by atoms with Crippen molar-refractivity contribution < 1.29 is 17.9 Å². The molecule has 1 aromatic carbocycles. The molecule has 16 heavy (non-hydrogen) atoms. The Bertz CT molecular complexity index is 531. The van der Waals surface area contributed by atoms with E-state index in [-0.39, 0.29) is 5.78 Å². The van der Waals surface area contributed by atoms with E-state index in [1.54, 1.807) is 12.1 Å². The van der Waals surface area contributed by atoms with Crippen molar-refractivity contribution in [2.75, 3.05) is 18.6 Å². The van der Waals surface area contributed by atoms with Gasteiger partial charge >= 0.3 is 0 Å². The lowest BCUT2D eigenvalue weighted by molar-refractivity contribution is 0.102. The number of ether oxygens (including phenoxy) is 1. The monoisotopic (exact) mass is 240 g/mol. The van der Waals surface area contributed by atoms with Gasteiger partial charge in [0, 0.05) is 18.2 Å². The number of benzene rings is 1. The fourth-order valence-electron chi connectivity index (χ4n) is 1.66. The molecule has 0 amide bonds. The zero-order valence-electron chi connectivity index (χ0n) is 8.89. The molecule has 4 nitrogen and oxygen atoms in total. The van der Waals surface area contributed by atoms with E-state index in [9.17, 15) is 13.2 Å². The fraction of sp³-hybridized carbons (Fsp3) is 0.364. The van der Waals surface area contributed by atoms with Crippen LogP contribution in [-0.2, 0) is 16.3 Å². The van der Waals surface area contributed by atoms with Crippen molar-refractivity contribution >= 4 is 15.6 Å². The summed E-state index contributed by atoms with van der Waals surface area (Å²) in [6.07, 6.45) is 1.89. The summed E-state index contributed by atoms with van der Waals surface area (Å²) >= 11 is 0. The summed E-state index contributed by atoms with van der Waals surface area (Å²) in [5.74, 6) is -0.147. The van der Waals surface area contributed by atoms with Gasteiger partial charge in [-0.05, 0) is 11.6 Å². The number of sulfone groups is 1. The molecule has 0 radical (unpaired) electrons. The van der Waals surface area contributed by atoms with Crippen molar-refractivity contribution in [3.63, 3.8) is 0 Å². The number of rotatable bonds is 3. The molecule has 0 unspecified atom stereocenters. The molecule has 0 saturated carbocycles. The first kappa shape index (κ1) is 11.1. The Labute approximate surface area is 94.2 Å². The van der Waals surface area contributed by atoms with Crippen LogP contribution < -0.4 is 4.74 Å². The molecule has 0 spiro atoms. The third kappa shape index (κ3) is 2.41. The molecule has 0 atom stereocenters. The van der Waals surface area contributed by atoms with E-state index in [1.165, 1.54) is 0 Å². The van der Waals surface area contributed by atoms with Crippen LogP contribution in [0.3, 0.4) is 0 Å². The Morgan fingerprint density at radius 2 is 2.19 bits per heavy atom. The molecule has 1 aliphatic rings. The first-order chi connectivity index (χ1) is 7.46. The normalized spacial score (nSPS) is 14.3. The van der Waals surface area contributed by atoms with E-state index in [4.69, 9.17) is 4.74 Å². The lowest BCUT2D eigenvalue weighted by Crippen LogP contribution is -2.14. The van der Waals surface area contributed by atoms with Gasteiger partial charge in [0.15, 0.2) is 15.6 Å². The minimum atomic E-state index is -3.28. The van der Waals surface area contributed by atoms with Gasteiger partial charge in [-0.2, -0.15) is 0 Å². The van der Waals surface area contributed by atoms with Crippen LogP contribution in [0.4, 0.5) is 0 Å². The molecule has 2 rings (SSSR count). The van der Waals surface area contributed by atoms with Crippen molar-refractivity contribution in [3.05, 3.63) is 29.3 Å². The topological polar surface area (TPSA) is 60.4 Å². The molecule has 0 aliphatic carbocycles. The summed E-state index contributed by atoms with van der Waals surface area (Å²) in [5.41, 5.74) is 1.46. The average Bonchev–Trinajstić information content (AvgIpc) is 2.61. The maximum Gasteiger partial charge on any atom is 0.177 e. The van der Waals surface area contributed by atoms with Crippen LogP contribution in [0.25, 0.3) is 0 Å². The standard InChI is InChI=1S/C11H12O4S/c1-16(13,14)7-10(12)9-3-2-8-4-5-15-11(8)6-9/h2-3,6H,4-5,7H2,1H3. The number of carbonyl (C=O) groups excluding carboxylic acids is 1. The Morgan fingerprint density at radius 1 is 1.44 bits per heavy atom. The highest BCUT2D eigenvalue weighted by Gasteiger charge is 2.17. The van der Waals surface area contributed by atoms with Gasteiger partial charge in [0.25, 0.3) is 0 Å². The number of Topliss-reactive ketones (excluding diaryl/α,β-unsaturated/α-hetero) is 1. The van der Waals surface area contributed by atoms with E-state index >= 15 is 0 Å². The van der Waals surface area contributed by atoms with Gasteiger partial charge in [-0.15, -0.1) is 0 Å². The molecule has 1 aromatic rings. The van der Waals surface area contributed by atoms with Crippen LogP contribution >= 0.6 is 0 Å². The highest BCUT2D eigenvalue weighted by atomic mass is 32.2. The molecular weight excluding hydrogens is 228 g/mol. The lowest BCUT2D eigenvalue weighted by atomic mass is 10.1. The van der Waals surface area contributed by atoms with Gasteiger partial charge in [-0.3, -0.25) is 4.79 Å². The number of hydrogen-bond acceptors (Lipinski definition) is 4. The molecule has 5 heteroatoms. The largest absolute Gasteiger partial charge is 0.493 e. The van der Waals surface area contributed by atoms with Gasteiger partial charge in [0.1, 0.15) is 11.5 Å². The molecule has 86 valence electrons. The predicted molar refractivity (Wildman–Crippen MR) is 59.7 cm³/mol. The molecule has 1 heterocycles. The minimum absolute atomic E-state index is 0.388. The van der Waals surface area contributed by atoms with Crippen molar-refractivity contribution in [1.29, 1.82) is 0 Å². The fourth-order valence-corrected chi connectivity index (χ4v) is 2.30. The first-order valence-corrected chi connectivity index (χ1v) is 6.98. The van der Waals surface area contributed by atoms with Gasteiger partial charge in [-0.25, -0.2) is 8.42 Å². The Kier molecular flexibility index (Phi) is 2.71. The predicted octanol–water partition coefficient (Wildman–Crippen LogP) is 0.849. The van der Waals surface area contributed by atoms with Crippen molar-refractivity contribution in [1.82, 2.24) is 0 Å². The van der Waals surface area contributed by atoms with E-state index in [0.29, 0.717) is 17.9 Å². The third-order valence-electron chi connectivity index (χ3n) is 2.41. The van der Waals surface area contributed by atoms with E-state index < -0.39 is 15.6 Å². The summed E-state index contributed by atoms with van der Waals surface area (Å²) in [6, 6.07) is 5.09. The Balaban J connectivity index is 2.25. The van der Waals surface area contributed by atoms with E-state index in [1.807, 2.05) is 6.07 Å². The SMILES string of the molecule is CS(=O)(=O)CC(=O)c1ccc2c(c1)OCC2. The highest BCUT2D eigenvalue weighted by Crippen LogP contribution is 2.26. The van der Waals surface area contributed by atoms with Crippen LogP contribution in [0.5, 0.6) is 5.75 Å². The first-order valence-electron chi connectivity index (χ1n) is 4.92. The molecule has 0 saturated heterocycles. The summed E-state index contributed by atoms with van der Waals surface area (Å²) in [7, 11) is -3.28. The highest BCUT2D eigenvalue weighted by molar-refractivity contribution is 7.91. The summed E-state index contributed by atoms with van der Waals surface area (Å²) < 4.78 is 27.3. The Morgan fingerprint density at radius 3 is 2.88 bits per heavy atom. The summed E-state index contributed by atoms with van der Waals surface area (Å²) in [5, 5.41) is 0. The molecule has 0 fully saturated rings. The van der Waals surface area contributed by atoms with Crippen LogP contribution in [0, 0.1) is 0 Å². The zero-order valence-corrected chi connectivity index (χ0v) is 9.71. The quantitative estimate of drug-likeness (QED) is 0.735. The minimum Gasteiger partial charge on any atom is -0.493 e. The zero-order chi connectivity index (χ0) is 11.8. The average molecular weight is 240 g/mol. The number of carbonyl (C=O) groups is 1. The van der Waals surface area contributed by atoms with Crippen LogP contribution in [0.1, 0.15) is 15.9 Å². The Hall–Kier alpha value is -1.36. The van der Waals surface area contributed by atoms with Crippen LogP contribution in [-0.4, -0.2) is 32.8 Å².